The third kappa shape index (κ3) is 1.12. The molecule has 1 aromatic carbocycles. The Kier molecular flexibility index (Phi) is 1.74. The maximum atomic E-state index is 5.89. The Morgan fingerprint density at radius 3 is 3.06 bits per heavy atom. The van der Waals surface area contributed by atoms with Gasteiger partial charge in [-0.2, -0.15) is 0 Å². The van der Waals surface area contributed by atoms with Crippen LogP contribution in [0, 0.1) is 0 Å². The number of hydrogen-bond donors (Lipinski definition) is 1. The zero-order chi connectivity index (χ0) is 10.5. The third-order valence-corrected chi connectivity index (χ3v) is 4.03. The van der Waals surface area contributed by atoms with Gasteiger partial charge in [-0.25, -0.2) is 0 Å². The van der Waals surface area contributed by atoms with Gasteiger partial charge in [0.25, 0.3) is 0 Å². The second-order valence-electron chi connectivity index (χ2n) is 4.99. The minimum atomic E-state index is 0.625. The van der Waals surface area contributed by atoms with Crippen LogP contribution in [0.5, 0.6) is 5.75 Å². The zero-order valence-corrected chi connectivity index (χ0v) is 9.33. The second kappa shape index (κ2) is 3.14. The van der Waals surface area contributed by atoms with Gasteiger partial charge < -0.3 is 15.0 Å². The van der Waals surface area contributed by atoms with Crippen molar-refractivity contribution in [2.75, 3.05) is 18.1 Å². The summed E-state index contributed by atoms with van der Waals surface area (Å²) < 4.78 is 5.89. The number of anilines is 1. The van der Waals surface area contributed by atoms with Crippen LogP contribution < -0.4 is 15.0 Å². The van der Waals surface area contributed by atoms with Crippen molar-refractivity contribution in [1.29, 1.82) is 0 Å². The molecule has 3 aliphatic heterocycles. The molecule has 84 valence electrons. The van der Waals surface area contributed by atoms with E-state index in [2.05, 4.69) is 22.3 Å². The summed E-state index contributed by atoms with van der Waals surface area (Å²) in [5, 5.41) is 3.40. The standard InChI is InChI=1S/C13H16N2O/c1-2-11-8-16-13-5-10-7-14-6-9(10)4-12(13)15(11)3-1/h4-5,11,14H,1-3,6-8H2. The highest BCUT2D eigenvalue weighted by atomic mass is 16.5. The van der Waals surface area contributed by atoms with Crippen LogP contribution in [0.15, 0.2) is 12.1 Å². The van der Waals surface area contributed by atoms with Gasteiger partial charge in [0.2, 0.25) is 0 Å². The van der Waals surface area contributed by atoms with Crippen LogP contribution in [-0.4, -0.2) is 19.2 Å². The molecule has 16 heavy (non-hydrogen) atoms. The Bertz CT molecular complexity index is 444. The Balaban J connectivity index is 1.84. The SMILES string of the molecule is c1c2c(cc3c1OCC1CCCN31)CNC2. The minimum Gasteiger partial charge on any atom is -0.489 e. The van der Waals surface area contributed by atoms with E-state index in [0.717, 1.165) is 25.4 Å². The number of nitrogens with zero attached hydrogens (tertiary/aromatic N) is 1. The second-order valence-corrected chi connectivity index (χ2v) is 4.99. The maximum Gasteiger partial charge on any atom is 0.143 e. The molecule has 3 heteroatoms. The average Bonchev–Trinajstić information content (AvgIpc) is 2.94. The number of hydrogen-bond acceptors (Lipinski definition) is 3. The van der Waals surface area contributed by atoms with Gasteiger partial charge >= 0.3 is 0 Å². The van der Waals surface area contributed by atoms with Crippen molar-refractivity contribution in [1.82, 2.24) is 5.32 Å². The summed E-state index contributed by atoms with van der Waals surface area (Å²) in [5.41, 5.74) is 4.20. The molecule has 1 unspecified atom stereocenters. The van der Waals surface area contributed by atoms with Crippen molar-refractivity contribution >= 4 is 5.69 Å². The predicted octanol–water partition coefficient (Wildman–Crippen LogP) is 1.65. The highest BCUT2D eigenvalue weighted by Gasteiger charge is 2.32. The summed E-state index contributed by atoms with van der Waals surface area (Å²) >= 11 is 0. The molecule has 0 spiro atoms. The van der Waals surface area contributed by atoms with E-state index in [9.17, 15) is 0 Å². The van der Waals surface area contributed by atoms with Crippen molar-refractivity contribution in [3.63, 3.8) is 0 Å². The molecule has 3 nitrogen and oxygen atoms in total. The molecular weight excluding hydrogens is 200 g/mol. The molecule has 0 radical (unpaired) electrons. The van der Waals surface area contributed by atoms with Crippen LogP contribution >= 0.6 is 0 Å². The van der Waals surface area contributed by atoms with Gasteiger partial charge in [0.1, 0.15) is 12.4 Å². The monoisotopic (exact) mass is 216 g/mol. The normalized spacial score (nSPS) is 26.0. The quantitative estimate of drug-likeness (QED) is 0.713. The molecule has 0 saturated carbocycles. The molecule has 1 aromatic rings. The van der Waals surface area contributed by atoms with E-state index in [-0.39, 0.29) is 0 Å². The van der Waals surface area contributed by atoms with E-state index in [4.69, 9.17) is 4.74 Å². The third-order valence-electron chi connectivity index (χ3n) is 4.03. The Morgan fingerprint density at radius 2 is 2.12 bits per heavy atom. The molecule has 1 fully saturated rings. The van der Waals surface area contributed by atoms with Crippen molar-refractivity contribution in [2.24, 2.45) is 0 Å². The summed E-state index contributed by atoms with van der Waals surface area (Å²) in [4.78, 5) is 2.54. The molecule has 3 aliphatic rings. The lowest BCUT2D eigenvalue weighted by Crippen LogP contribution is -2.38. The Hall–Kier alpha value is -1.22. The lowest BCUT2D eigenvalue weighted by Gasteiger charge is -2.34. The first-order chi connectivity index (χ1) is 7.92. The van der Waals surface area contributed by atoms with Crippen LogP contribution in [0.2, 0.25) is 0 Å². The van der Waals surface area contributed by atoms with Crippen LogP contribution in [-0.2, 0) is 13.1 Å². The number of ether oxygens (including phenoxy) is 1. The molecule has 0 bridgehead atoms. The largest absolute Gasteiger partial charge is 0.489 e. The zero-order valence-electron chi connectivity index (χ0n) is 9.33. The Morgan fingerprint density at radius 1 is 1.25 bits per heavy atom. The van der Waals surface area contributed by atoms with E-state index >= 15 is 0 Å². The fourth-order valence-corrected chi connectivity index (χ4v) is 3.17. The summed E-state index contributed by atoms with van der Waals surface area (Å²) in [6.07, 6.45) is 2.59. The van der Waals surface area contributed by atoms with Gasteiger partial charge in [-0.15, -0.1) is 0 Å². The molecular formula is C13H16N2O. The fourth-order valence-electron chi connectivity index (χ4n) is 3.17. The van der Waals surface area contributed by atoms with E-state index in [1.165, 1.54) is 36.2 Å². The van der Waals surface area contributed by atoms with E-state index in [1.807, 2.05) is 0 Å². The maximum absolute atomic E-state index is 5.89. The number of benzene rings is 1. The summed E-state index contributed by atoms with van der Waals surface area (Å²) in [5.74, 6) is 1.10. The fraction of sp³-hybridized carbons (Fsp3) is 0.538. The van der Waals surface area contributed by atoms with Crippen LogP contribution in [0.3, 0.4) is 0 Å². The van der Waals surface area contributed by atoms with Gasteiger partial charge in [-0.1, -0.05) is 0 Å². The van der Waals surface area contributed by atoms with Gasteiger partial charge in [-0.3, -0.25) is 0 Å². The van der Waals surface area contributed by atoms with Crippen LogP contribution in [0.1, 0.15) is 24.0 Å². The molecule has 1 saturated heterocycles. The summed E-state index contributed by atoms with van der Waals surface area (Å²) in [6.45, 7) is 4.09. The number of nitrogens with one attached hydrogen (secondary N) is 1. The first-order valence-corrected chi connectivity index (χ1v) is 6.18. The molecule has 4 rings (SSSR count). The average molecular weight is 216 g/mol. The van der Waals surface area contributed by atoms with Crippen molar-refractivity contribution in [3.05, 3.63) is 23.3 Å². The highest BCUT2D eigenvalue weighted by Crippen LogP contribution is 2.40. The highest BCUT2D eigenvalue weighted by molar-refractivity contribution is 5.65. The topological polar surface area (TPSA) is 24.5 Å². The minimum absolute atomic E-state index is 0.625. The van der Waals surface area contributed by atoms with E-state index in [0.29, 0.717) is 6.04 Å². The molecule has 1 N–H and O–H groups in total. The van der Waals surface area contributed by atoms with Gasteiger partial charge in [-0.05, 0) is 36.1 Å². The van der Waals surface area contributed by atoms with Crippen LogP contribution in [0.25, 0.3) is 0 Å². The summed E-state index contributed by atoms with van der Waals surface area (Å²) in [7, 11) is 0. The molecule has 0 aliphatic carbocycles. The number of fused-ring (bicyclic) bond motifs is 4. The van der Waals surface area contributed by atoms with E-state index < -0.39 is 0 Å². The van der Waals surface area contributed by atoms with Crippen molar-refractivity contribution in [2.45, 2.75) is 32.0 Å². The lowest BCUT2D eigenvalue weighted by molar-refractivity contribution is 0.272. The van der Waals surface area contributed by atoms with Crippen molar-refractivity contribution < 1.29 is 4.74 Å². The lowest BCUT2D eigenvalue weighted by atomic mass is 10.1. The first-order valence-electron chi connectivity index (χ1n) is 6.18. The molecule has 0 aromatic heterocycles. The molecule has 1 atom stereocenters. The summed E-state index contributed by atoms with van der Waals surface area (Å²) in [6, 6.07) is 5.20. The van der Waals surface area contributed by atoms with Crippen LogP contribution in [0.4, 0.5) is 5.69 Å². The predicted molar refractivity (Wildman–Crippen MR) is 62.8 cm³/mol. The van der Waals surface area contributed by atoms with Crippen molar-refractivity contribution in [3.8, 4) is 5.75 Å². The smallest absolute Gasteiger partial charge is 0.143 e. The molecule has 0 amide bonds. The molecule has 3 heterocycles. The first kappa shape index (κ1) is 8.88. The number of rotatable bonds is 0. The van der Waals surface area contributed by atoms with Gasteiger partial charge in [0.15, 0.2) is 0 Å². The van der Waals surface area contributed by atoms with E-state index in [1.54, 1.807) is 0 Å². The van der Waals surface area contributed by atoms with Gasteiger partial charge in [0.05, 0.1) is 11.7 Å². The van der Waals surface area contributed by atoms with Gasteiger partial charge in [0, 0.05) is 19.6 Å². The Labute approximate surface area is 95.4 Å².